The first-order chi connectivity index (χ1) is 13.6. The molecule has 7 heteroatoms. The van der Waals surface area contributed by atoms with Crippen LogP contribution in [0.4, 0.5) is 0 Å². The first-order valence-corrected chi connectivity index (χ1v) is 8.86. The number of aryl methyl sites for hydroxylation is 1. The van der Waals surface area contributed by atoms with Crippen LogP contribution < -0.4 is 20.3 Å². The van der Waals surface area contributed by atoms with Gasteiger partial charge in [0.05, 0.1) is 6.61 Å². The number of carbonyl (C=O) groups is 1. The first kappa shape index (κ1) is 19.2. The Morgan fingerprint density at radius 2 is 1.93 bits per heavy atom. The van der Waals surface area contributed by atoms with Crippen molar-refractivity contribution in [2.24, 2.45) is 7.05 Å². The van der Waals surface area contributed by atoms with Crippen molar-refractivity contribution in [3.63, 3.8) is 0 Å². The lowest BCUT2D eigenvalue weighted by molar-refractivity contribution is 0.0950. The first-order valence-electron chi connectivity index (χ1n) is 8.86. The summed E-state index contributed by atoms with van der Waals surface area (Å²) >= 11 is 0. The maximum Gasteiger partial charge on any atom is 0.251 e. The molecular weight excluding hydrogens is 358 g/mol. The summed E-state index contributed by atoms with van der Waals surface area (Å²) in [6.07, 6.45) is 3.19. The van der Waals surface area contributed by atoms with Gasteiger partial charge in [0.25, 0.3) is 11.5 Å². The Kier molecular flexibility index (Phi) is 6.06. The molecule has 1 aromatic carbocycles. The summed E-state index contributed by atoms with van der Waals surface area (Å²) in [6.45, 7) is 2.74. The van der Waals surface area contributed by atoms with Gasteiger partial charge in [0, 0.05) is 43.7 Å². The Morgan fingerprint density at radius 1 is 1.14 bits per heavy atom. The molecular formula is C21H21N3O4. The zero-order chi connectivity index (χ0) is 19.9. The van der Waals surface area contributed by atoms with Gasteiger partial charge >= 0.3 is 0 Å². The van der Waals surface area contributed by atoms with Crippen LogP contribution in [0.3, 0.4) is 0 Å². The van der Waals surface area contributed by atoms with Crippen molar-refractivity contribution < 1.29 is 14.3 Å². The van der Waals surface area contributed by atoms with Gasteiger partial charge < -0.3 is 19.4 Å². The summed E-state index contributed by atoms with van der Waals surface area (Å²) in [5, 5.41) is 2.77. The van der Waals surface area contributed by atoms with Gasteiger partial charge in [0.2, 0.25) is 5.88 Å². The molecule has 144 valence electrons. The second kappa shape index (κ2) is 8.85. The number of benzene rings is 1. The standard InChI is InChI=1S/C21H21N3O4/c1-3-27-17-6-4-5-7-18(17)28-19-9-8-15(13-22-19)14-23-21(26)16-10-11-24(2)20(25)12-16/h4-13H,3,14H2,1-2H3,(H,23,26). The lowest BCUT2D eigenvalue weighted by Gasteiger charge is -2.11. The van der Waals surface area contributed by atoms with Gasteiger partial charge in [-0.2, -0.15) is 0 Å². The molecule has 7 nitrogen and oxygen atoms in total. The molecule has 0 aliphatic heterocycles. The van der Waals surface area contributed by atoms with Crippen LogP contribution in [0.15, 0.2) is 65.7 Å². The Balaban J connectivity index is 1.61. The molecule has 0 bridgehead atoms. The number of amides is 1. The fraction of sp³-hybridized carbons (Fsp3) is 0.190. The van der Waals surface area contributed by atoms with Crippen molar-refractivity contribution in [3.05, 3.63) is 82.4 Å². The van der Waals surface area contributed by atoms with E-state index in [0.717, 1.165) is 5.56 Å². The Hall–Kier alpha value is -3.61. The molecule has 1 amide bonds. The molecule has 0 saturated heterocycles. The van der Waals surface area contributed by atoms with E-state index in [1.807, 2.05) is 37.3 Å². The van der Waals surface area contributed by atoms with Crippen LogP contribution in [0.5, 0.6) is 17.4 Å². The van der Waals surface area contributed by atoms with E-state index in [0.29, 0.717) is 29.5 Å². The molecule has 0 aliphatic carbocycles. The van der Waals surface area contributed by atoms with Crippen LogP contribution in [0.1, 0.15) is 22.8 Å². The lowest BCUT2D eigenvalue weighted by atomic mass is 10.2. The molecule has 0 atom stereocenters. The number of carbonyl (C=O) groups excluding carboxylic acids is 1. The highest BCUT2D eigenvalue weighted by molar-refractivity contribution is 5.93. The van der Waals surface area contributed by atoms with Gasteiger partial charge in [0.15, 0.2) is 11.5 Å². The van der Waals surface area contributed by atoms with Gasteiger partial charge in [-0.3, -0.25) is 9.59 Å². The van der Waals surface area contributed by atoms with E-state index in [-0.39, 0.29) is 18.0 Å². The maximum atomic E-state index is 12.2. The minimum absolute atomic E-state index is 0.233. The van der Waals surface area contributed by atoms with Crippen LogP contribution >= 0.6 is 0 Å². The largest absolute Gasteiger partial charge is 0.490 e. The predicted octanol–water partition coefficient (Wildman–Crippen LogP) is 2.90. The van der Waals surface area contributed by atoms with E-state index in [1.54, 1.807) is 31.6 Å². The number of ether oxygens (including phenoxy) is 2. The van der Waals surface area contributed by atoms with Crippen molar-refractivity contribution >= 4 is 5.91 Å². The van der Waals surface area contributed by atoms with E-state index in [4.69, 9.17) is 9.47 Å². The predicted molar refractivity (Wildman–Crippen MR) is 105 cm³/mol. The van der Waals surface area contributed by atoms with Crippen LogP contribution in [-0.2, 0) is 13.6 Å². The molecule has 0 unspecified atom stereocenters. The molecule has 0 radical (unpaired) electrons. The highest BCUT2D eigenvalue weighted by Crippen LogP contribution is 2.30. The van der Waals surface area contributed by atoms with Crippen LogP contribution in [0.25, 0.3) is 0 Å². The van der Waals surface area contributed by atoms with E-state index in [9.17, 15) is 9.59 Å². The van der Waals surface area contributed by atoms with Gasteiger partial charge in [0.1, 0.15) is 0 Å². The van der Waals surface area contributed by atoms with Crippen molar-refractivity contribution in [2.45, 2.75) is 13.5 Å². The maximum absolute atomic E-state index is 12.2. The van der Waals surface area contributed by atoms with Crippen molar-refractivity contribution in [2.75, 3.05) is 6.61 Å². The Morgan fingerprint density at radius 3 is 2.61 bits per heavy atom. The van der Waals surface area contributed by atoms with Gasteiger partial charge in [-0.1, -0.05) is 18.2 Å². The number of para-hydroxylation sites is 2. The SMILES string of the molecule is CCOc1ccccc1Oc1ccc(CNC(=O)c2ccn(C)c(=O)c2)cn1. The van der Waals surface area contributed by atoms with Crippen LogP contribution in [-0.4, -0.2) is 22.1 Å². The summed E-state index contributed by atoms with van der Waals surface area (Å²) in [5.41, 5.74) is 0.898. The number of hydrogen-bond donors (Lipinski definition) is 1. The minimum atomic E-state index is -0.316. The molecule has 28 heavy (non-hydrogen) atoms. The number of hydrogen-bond acceptors (Lipinski definition) is 5. The average molecular weight is 379 g/mol. The molecule has 0 spiro atoms. The third kappa shape index (κ3) is 4.76. The fourth-order valence-electron chi connectivity index (χ4n) is 2.47. The third-order valence-electron chi connectivity index (χ3n) is 3.98. The summed E-state index contributed by atoms with van der Waals surface area (Å²) in [6, 6.07) is 13.8. The zero-order valence-corrected chi connectivity index (χ0v) is 15.7. The van der Waals surface area contributed by atoms with E-state index < -0.39 is 0 Å². The van der Waals surface area contributed by atoms with Gasteiger partial charge in [-0.15, -0.1) is 0 Å². The molecule has 0 saturated carbocycles. The second-order valence-electron chi connectivity index (χ2n) is 6.03. The Bertz CT molecular complexity index is 1010. The quantitative estimate of drug-likeness (QED) is 0.683. The number of pyridine rings is 2. The lowest BCUT2D eigenvalue weighted by Crippen LogP contribution is -2.25. The van der Waals surface area contributed by atoms with E-state index >= 15 is 0 Å². The topological polar surface area (TPSA) is 82.5 Å². The molecule has 3 aromatic rings. The van der Waals surface area contributed by atoms with E-state index in [2.05, 4.69) is 10.3 Å². The normalized spacial score (nSPS) is 10.4. The van der Waals surface area contributed by atoms with E-state index in [1.165, 1.54) is 10.6 Å². The second-order valence-corrected chi connectivity index (χ2v) is 6.03. The summed E-state index contributed by atoms with van der Waals surface area (Å²) in [4.78, 5) is 28.1. The summed E-state index contributed by atoms with van der Waals surface area (Å²) in [5.74, 6) is 1.35. The highest BCUT2D eigenvalue weighted by Gasteiger charge is 2.08. The molecule has 2 heterocycles. The van der Waals surface area contributed by atoms with Crippen molar-refractivity contribution in [1.29, 1.82) is 0 Å². The molecule has 3 rings (SSSR count). The number of aromatic nitrogens is 2. The molecule has 1 N–H and O–H groups in total. The monoisotopic (exact) mass is 379 g/mol. The highest BCUT2D eigenvalue weighted by atomic mass is 16.5. The number of nitrogens with zero attached hydrogens (tertiary/aromatic N) is 2. The van der Waals surface area contributed by atoms with Crippen LogP contribution in [0, 0.1) is 0 Å². The van der Waals surface area contributed by atoms with Crippen LogP contribution in [0.2, 0.25) is 0 Å². The van der Waals surface area contributed by atoms with Crippen molar-refractivity contribution in [3.8, 4) is 17.4 Å². The summed E-state index contributed by atoms with van der Waals surface area (Å²) < 4.78 is 12.7. The number of rotatable bonds is 7. The number of nitrogens with one attached hydrogen (secondary N) is 1. The zero-order valence-electron chi connectivity index (χ0n) is 15.7. The fourth-order valence-corrected chi connectivity index (χ4v) is 2.47. The third-order valence-corrected chi connectivity index (χ3v) is 3.98. The van der Waals surface area contributed by atoms with Gasteiger partial charge in [-0.05, 0) is 30.7 Å². The molecule has 0 aliphatic rings. The molecule has 0 fully saturated rings. The smallest absolute Gasteiger partial charge is 0.251 e. The Labute approximate surface area is 162 Å². The van der Waals surface area contributed by atoms with Crippen molar-refractivity contribution in [1.82, 2.24) is 14.9 Å². The molecule has 2 aromatic heterocycles. The average Bonchev–Trinajstić information content (AvgIpc) is 2.71. The minimum Gasteiger partial charge on any atom is -0.490 e. The summed E-state index contributed by atoms with van der Waals surface area (Å²) in [7, 11) is 1.63. The van der Waals surface area contributed by atoms with Gasteiger partial charge in [-0.25, -0.2) is 4.98 Å².